The molecule has 0 saturated heterocycles. The normalized spacial score (nSPS) is 10.1. The number of carbonyl (C=O) groups excluding carboxylic acids is 2. The van der Waals surface area contributed by atoms with Gasteiger partial charge in [0.15, 0.2) is 10.2 Å². The summed E-state index contributed by atoms with van der Waals surface area (Å²) in [6.07, 6.45) is 0. The average Bonchev–Trinajstić information content (AvgIpc) is 2.76. The molecule has 6 nitrogen and oxygen atoms in total. The molecule has 0 unspecified atom stereocenters. The molecule has 0 aliphatic carbocycles. The van der Waals surface area contributed by atoms with Crippen LogP contribution < -0.4 is 21.3 Å². The standard InChI is InChI=1S/C22H16Cl2N4O2S2/c23-15-9-5-13(6-10-15)19(29)27-21(31)25-17-3-1-2-4-18(17)26-22(32)28-20(30)14-7-11-16(24)12-8-14/h1-12H,(H2,25,27,29,31)(H2,26,28,30,32). The lowest BCUT2D eigenvalue weighted by atomic mass is 10.2. The van der Waals surface area contributed by atoms with Crippen molar-refractivity contribution in [3.05, 3.63) is 94.0 Å². The van der Waals surface area contributed by atoms with Crippen LogP contribution in [-0.2, 0) is 0 Å². The van der Waals surface area contributed by atoms with Gasteiger partial charge >= 0.3 is 0 Å². The first-order valence-electron chi connectivity index (χ1n) is 9.16. The number of para-hydroxylation sites is 2. The van der Waals surface area contributed by atoms with Crippen molar-refractivity contribution in [2.45, 2.75) is 0 Å². The van der Waals surface area contributed by atoms with Crippen molar-refractivity contribution in [2.75, 3.05) is 10.6 Å². The molecule has 4 N–H and O–H groups in total. The topological polar surface area (TPSA) is 82.3 Å². The van der Waals surface area contributed by atoms with Gasteiger partial charge < -0.3 is 10.6 Å². The van der Waals surface area contributed by atoms with Gasteiger partial charge in [-0.15, -0.1) is 0 Å². The smallest absolute Gasteiger partial charge is 0.257 e. The fourth-order valence-electron chi connectivity index (χ4n) is 2.56. The Morgan fingerprint density at radius 1 is 0.594 bits per heavy atom. The van der Waals surface area contributed by atoms with Crippen molar-refractivity contribution in [3.63, 3.8) is 0 Å². The number of thiocarbonyl (C=S) groups is 2. The summed E-state index contributed by atoms with van der Waals surface area (Å²) >= 11 is 22.2. The molecule has 0 saturated carbocycles. The molecule has 0 aliphatic heterocycles. The molecule has 3 rings (SSSR count). The largest absolute Gasteiger partial charge is 0.331 e. The molecule has 0 bridgehead atoms. The third kappa shape index (κ3) is 6.73. The van der Waals surface area contributed by atoms with Gasteiger partial charge in [-0.05, 0) is 85.1 Å². The maximum Gasteiger partial charge on any atom is 0.257 e. The van der Waals surface area contributed by atoms with Gasteiger partial charge in [-0.25, -0.2) is 0 Å². The second-order valence-corrected chi connectivity index (χ2v) is 8.07. The van der Waals surface area contributed by atoms with Crippen molar-refractivity contribution in [3.8, 4) is 0 Å². The number of hydrogen-bond donors (Lipinski definition) is 4. The van der Waals surface area contributed by atoms with Gasteiger partial charge in [-0.2, -0.15) is 0 Å². The Morgan fingerprint density at radius 3 is 1.28 bits per heavy atom. The lowest BCUT2D eigenvalue weighted by Crippen LogP contribution is -2.36. The highest BCUT2D eigenvalue weighted by Crippen LogP contribution is 2.21. The van der Waals surface area contributed by atoms with Gasteiger partial charge in [0.05, 0.1) is 11.4 Å². The van der Waals surface area contributed by atoms with Gasteiger partial charge in [-0.3, -0.25) is 20.2 Å². The second kappa shape index (κ2) is 11.0. The molecule has 0 aromatic heterocycles. The minimum absolute atomic E-state index is 0.0929. The van der Waals surface area contributed by atoms with Crippen molar-refractivity contribution in [1.82, 2.24) is 10.6 Å². The minimum atomic E-state index is -0.379. The SMILES string of the molecule is O=C(NC(=S)Nc1ccccc1NC(=S)NC(=O)c1ccc(Cl)cc1)c1ccc(Cl)cc1. The molecule has 0 heterocycles. The van der Waals surface area contributed by atoms with Crippen LogP contribution in [0.1, 0.15) is 20.7 Å². The van der Waals surface area contributed by atoms with E-state index in [0.29, 0.717) is 32.5 Å². The summed E-state index contributed by atoms with van der Waals surface area (Å²) in [7, 11) is 0. The van der Waals surface area contributed by atoms with E-state index in [1.54, 1.807) is 72.8 Å². The van der Waals surface area contributed by atoms with Gasteiger partial charge in [0.2, 0.25) is 0 Å². The minimum Gasteiger partial charge on any atom is -0.331 e. The molecule has 32 heavy (non-hydrogen) atoms. The lowest BCUT2D eigenvalue weighted by Gasteiger charge is -2.16. The zero-order valence-electron chi connectivity index (χ0n) is 16.3. The molecule has 2 amide bonds. The Morgan fingerprint density at radius 2 is 0.938 bits per heavy atom. The van der Waals surface area contributed by atoms with E-state index in [2.05, 4.69) is 21.3 Å². The molecular weight excluding hydrogens is 487 g/mol. The van der Waals surface area contributed by atoms with Crippen LogP contribution in [0.5, 0.6) is 0 Å². The summed E-state index contributed by atoms with van der Waals surface area (Å²) in [4.78, 5) is 24.6. The van der Waals surface area contributed by atoms with E-state index in [0.717, 1.165) is 0 Å². The first kappa shape index (κ1) is 23.6. The fourth-order valence-corrected chi connectivity index (χ4v) is 3.22. The van der Waals surface area contributed by atoms with Crippen LogP contribution in [0.25, 0.3) is 0 Å². The number of halogens is 2. The second-order valence-electron chi connectivity index (χ2n) is 6.38. The highest BCUT2D eigenvalue weighted by molar-refractivity contribution is 7.80. The molecule has 3 aromatic rings. The molecular formula is C22H16Cl2N4O2S2. The van der Waals surface area contributed by atoms with E-state index in [-0.39, 0.29) is 22.0 Å². The Hall–Kier alpha value is -3.04. The average molecular weight is 503 g/mol. The zero-order chi connectivity index (χ0) is 23.1. The molecule has 162 valence electrons. The number of amides is 2. The Kier molecular flexibility index (Phi) is 8.13. The fraction of sp³-hybridized carbons (Fsp3) is 0. The summed E-state index contributed by atoms with van der Waals surface area (Å²) in [5.41, 5.74) is 1.93. The van der Waals surface area contributed by atoms with E-state index in [4.69, 9.17) is 47.6 Å². The summed E-state index contributed by atoms with van der Waals surface area (Å²) in [5.74, 6) is -0.759. The summed E-state index contributed by atoms with van der Waals surface area (Å²) in [6.45, 7) is 0. The van der Waals surface area contributed by atoms with Crippen molar-refractivity contribution < 1.29 is 9.59 Å². The third-order valence-electron chi connectivity index (χ3n) is 4.09. The highest BCUT2D eigenvalue weighted by atomic mass is 35.5. The monoisotopic (exact) mass is 502 g/mol. The van der Waals surface area contributed by atoms with Crippen LogP contribution in [0, 0.1) is 0 Å². The lowest BCUT2D eigenvalue weighted by molar-refractivity contribution is 0.0969. The van der Waals surface area contributed by atoms with Crippen LogP contribution in [0.15, 0.2) is 72.8 Å². The van der Waals surface area contributed by atoms with E-state index >= 15 is 0 Å². The number of benzene rings is 3. The summed E-state index contributed by atoms with van der Waals surface area (Å²) in [5, 5.41) is 12.3. The maximum atomic E-state index is 12.3. The number of anilines is 2. The Labute approximate surface area is 205 Å². The number of nitrogens with one attached hydrogen (secondary N) is 4. The zero-order valence-corrected chi connectivity index (χ0v) is 19.5. The van der Waals surface area contributed by atoms with Crippen LogP contribution in [0.4, 0.5) is 11.4 Å². The van der Waals surface area contributed by atoms with Gasteiger partial charge in [0, 0.05) is 21.2 Å². The van der Waals surface area contributed by atoms with E-state index in [9.17, 15) is 9.59 Å². The van der Waals surface area contributed by atoms with Crippen LogP contribution >= 0.6 is 47.6 Å². The number of rotatable bonds is 4. The molecule has 0 atom stereocenters. The number of hydrogen-bond acceptors (Lipinski definition) is 4. The van der Waals surface area contributed by atoms with Gasteiger partial charge in [-0.1, -0.05) is 35.3 Å². The van der Waals surface area contributed by atoms with Crippen LogP contribution in [-0.4, -0.2) is 22.0 Å². The molecule has 0 radical (unpaired) electrons. The molecule has 0 aliphatic rings. The van der Waals surface area contributed by atoms with E-state index < -0.39 is 0 Å². The Balaban J connectivity index is 1.61. The summed E-state index contributed by atoms with van der Waals surface area (Å²) < 4.78 is 0. The van der Waals surface area contributed by atoms with Gasteiger partial charge in [0.1, 0.15) is 0 Å². The van der Waals surface area contributed by atoms with Crippen molar-refractivity contribution in [1.29, 1.82) is 0 Å². The number of carbonyl (C=O) groups is 2. The predicted molar refractivity (Wildman–Crippen MR) is 137 cm³/mol. The van der Waals surface area contributed by atoms with E-state index in [1.165, 1.54) is 0 Å². The third-order valence-corrected chi connectivity index (χ3v) is 5.00. The highest BCUT2D eigenvalue weighted by Gasteiger charge is 2.12. The van der Waals surface area contributed by atoms with E-state index in [1.807, 2.05) is 0 Å². The van der Waals surface area contributed by atoms with Gasteiger partial charge in [0.25, 0.3) is 11.8 Å². The van der Waals surface area contributed by atoms with Crippen LogP contribution in [0.3, 0.4) is 0 Å². The Bertz CT molecular complexity index is 1080. The molecule has 10 heteroatoms. The quantitative estimate of drug-likeness (QED) is 0.365. The molecule has 0 fully saturated rings. The predicted octanol–water partition coefficient (Wildman–Crippen LogP) is 5.25. The molecule has 0 spiro atoms. The van der Waals surface area contributed by atoms with Crippen molar-refractivity contribution >= 4 is 81.1 Å². The molecule has 3 aromatic carbocycles. The maximum absolute atomic E-state index is 12.3. The first-order valence-corrected chi connectivity index (χ1v) is 10.7. The first-order chi connectivity index (χ1) is 15.3. The van der Waals surface area contributed by atoms with Crippen molar-refractivity contribution in [2.24, 2.45) is 0 Å². The summed E-state index contributed by atoms with van der Waals surface area (Å²) in [6, 6.07) is 19.9. The van der Waals surface area contributed by atoms with Crippen LogP contribution in [0.2, 0.25) is 10.0 Å².